The Morgan fingerprint density at radius 1 is 0.580 bits per heavy atom. The van der Waals surface area contributed by atoms with Crippen LogP contribution in [0.3, 0.4) is 0 Å². The smallest absolute Gasteiger partial charge is 0.243 e. The number of carbonyl (C=O) groups is 2. The van der Waals surface area contributed by atoms with E-state index in [2.05, 4.69) is 10.6 Å². The highest BCUT2D eigenvalue weighted by atomic mass is 32.2. The Kier molecular flexibility index (Phi) is 12.8. The minimum Gasteiger partial charge on any atom is -0.388 e. The average Bonchev–Trinajstić information content (AvgIpc) is 3.06. The second-order valence-corrected chi connectivity index (χ2v) is 16.6. The Bertz CT molecular complexity index is 1640. The van der Waals surface area contributed by atoms with Gasteiger partial charge >= 0.3 is 0 Å². The zero-order chi connectivity index (χ0) is 36.6. The van der Waals surface area contributed by atoms with Crippen LogP contribution in [-0.4, -0.2) is 85.0 Å². The SMILES string of the molecule is CC(C)C(C(=O)NC(Cc1ccccc1)C(O)C(O)C(Cc1ccccc1)NC(=O)C(C(C)C)N1C=CS(=O)(=O)C=C1)N1C=CS(=O)(=O)C=C1. The molecule has 6 atom stereocenters. The number of carbonyl (C=O) groups excluding carboxylic acids is 2. The van der Waals surface area contributed by atoms with Crippen LogP contribution in [0.2, 0.25) is 0 Å². The molecule has 4 rings (SSSR count). The van der Waals surface area contributed by atoms with Gasteiger partial charge in [0.25, 0.3) is 0 Å². The molecule has 2 heterocycles. The number of aliphatic hydroxyl groups is 2. The van der Waals surface area contributed by atoms with E-state index in [0.717, 1.165) is 32.8 Å². The first-order valence-electron chi connectivity index (χ1n) is 16.4. The van der Waals surface area contributed by atoms with E-state index in [9.17, 15) is 36.6 Å². The van der Waals surface area contributed by atoms with E-state index in [1.807, 2.05) is 88.4 Å². The summed E-state index contributed by atoms with van der Waals surface area (Å²) in [4.78, 5) is 30.8. The molecular formula is C36H46N4O8S2. The molecule has 0 spiro atoms. The van der Waals surface area contributed by atoms with Crippen molar-refractivity contribution in [2.24, 2.45) is 11.8 Å². The monoisotopic (exact) mass is 726 g/mol. The maximum absolute atomic E-state index is 13.9. The van der Waals surface area contributed by atoms with Crippen LogP contribution in [0, 0.1) is 11.8 Å². The van der Waals surface area contributed by atoms with Gasteiger partial charge in [0, 0.05) is 24.8 Å². The molecule has 14 heteroatoms. The normalized spacial score (nSPS) is 19.8. The molecule has 2 aromatic rings. The quantitative estimate of drug-likeness (QED) is 0.214. The molecule has 2 aliphatic heterocycles. The van der Waals surface area contributed by atoms with E-state index in [-0.39, 0.29) is 24.7 Å². The molecular weight excluding hydrogens is 681 g/mol. The lowest BCUT2D eigenvalue weighted by atomic mass is 9.90. The van der Waals surface area contributed by atoms with Gasteiger partial charge in [-0.15, -0.1) is 0 Å². The van der Waals surface area contributed by atoms with Gasteiger partial charge in [-0.3, -0.25) is 9.59 Å². The molecule has 2 amide bonds. The van der Waals surface area contributed by atoms with Crippen molar-refractivity contribution in [1.29, 1.82) is 0 Å². The van der Waals surface area contributed by atoms with E-state index in [4.69, 9.17) is 0 Å². The maximum Gasteiger partial charge on any atom is 0.243 e. The van der Waals surface area contributed by atoms with E-state index >= 15 is 0 Å². The van der Waals surface area contributed by atoms with E-state index in [1.54, 1.807) is 0 Å². The van der Waals surface area contributed by atoms with E-state index in [0.29, 0.717) is 0 Å². The van der Waals surface area contributed by atoms with Crippen LogP contribution in [0.25, 0.3) is 0 Å². The van der Waals surface area contributed by atoms with Crippen molar-refractivity contribution < 1.29 is 36.6 Å². The van der Waals surface area contributed by atoms with Gasteiger partial charge in [0.2, 0.25) is 11.8 Å². The summed E-state index contributed by atoms with van der Waals surface area (Å²) in [6, 6.07) is 14.5. The fourth-order valence-electron chi connectivity index (χ4n) is 6.01. The van der Waals surface area contributed by atoms with Gasteiger partial charge in [0.05, 0.1) is 33.7 Å². The summed E-state index contributed by atoms with van der Waals surface area (Å²) in [6.07, 6.45) is 2.37. The maximum atomic E-state index is 13.9. The molecule has 2 aromatic carbocycles. The summed E-state index contributed by atoms with van der Waals surface area (Å²) < 4.78 is 47.8. The zero-order valence-electron chi connectivity index (χ0n) is 28.5. The van der Waals surface area contributed by atoms with Crippen molar-refractivity contribution in [2.45, 2.75) is 76.9 Å². The molecule has 0 aromatic heterocycles. The minimum absolute atomic E-state index is 0.133. The van der Waals surface area contributed by atoms with Gasteiger partial charge in [-0.05, 0) is 35.8 Å². The third-order valence-electron chi connectivity index (χ3n) is 8.56. The summed E-state index contributed by atoms with van der Waals surface area (Å²) in [7, 11) is -7.08. The summed E-state index contributed by atoms with van der Waals surface area (Å²) in [5.41, 5.74) is 1.55. The molecule has 12 nitrogen and oxygen atoms in total. The second kappa shape index (κ2) is 16.6. The molecule has 270 valence electrons. The fraction of sp³-hybridized carbons (Fsp3) is 0.389. The molecule has 0 fully saturated rings. The topological polar surface area (TPSA) is 173 Å². The van der Waals surface area contributed by atoms with Crippen LogP contribution in [0.15, 0.2) is 107 Å². The number of aliphatic hydroxyl groups excluding tert-OH is 2. The predicted molar refractivity (Wildman–Crippen MR) is 191 cm³/mol. The van der Waals surface area contributed by atoms with Crippen LogP contribution in [0.4, 0.5) is 0 Å². The summed E-state index contributed by atoms with van der Waals surface area (Å²) >= 11 is 0. The molecule has 6 unspecified atom stereocenters. The number of amides is 2. The van der Waals surface area contributed by atoms with E-state index < -0.39 is 67.9 Å². The first-order chi connectivity index (χ1) is 23.6. The van der Waals surface area contributed by atoms with Crippen molar-refractivity contribution in [2.75, 3.05) is 0 Å². The van der Waals surface area contributed by atoms with Gasteiger partial charge < -0.3 is 30.6 Å². The first kappa shape index (κ1) is 38.6. The average molecular weight is 727 g/mol. The third kappa shape index (κ3) is 10.4. The van der Waals surface area contributed by atoms with Crippen molar-refractivity contribution >= 4 is 31.5 Å². The van der Waals surface area contributed by atoms with Crippen molar-refractivity contribution in [3.8, 4) is 0 Å². The molecule has 50 heavy (non-hydrogen) atoms. The van der Waals surface area contributed by atoms with Crippen LogP contribution < -0.4 is 10.6 Å². The highest BCUT2D eigenvalue weighted by Crippen LogP contribution is 2.22. The number of rotatable bonds is 15. The first-order valence-corrected chi connectivity index (χ1v) is 19.6. The zero-order valence-corrected chi connectivity index (χ0v) is 30.1. The lowest BCUT2D eigenvalue weighted by Crippen LogP contribution is -2.60. The van der Waals surface area contributed by atoms with Crippen molar-refractivity contribution in [3.05, 3.63) is 118 Å². The fourth-order valence-corrected chi connectivity index (χ4v) is 7.43. The highest BCUT2D eigenvalue weighted by Gasteiger charge is 2.38. The van der Waals surface area contributed by atoms with Gasteiger partial charge in [-0.1, -0.05) is 88.4 Å². The molecule has 0 saturated heterocycles. The molecule has 0 aliphatic carbocycles. The number of benzene rings is 2. The Hall–Kier alpha value is -4.24. The number of nitrogens with one attached hydrogen (secondary N) is 2. The van der Waals surface area contributed by atoms with E-state index in [1.165, 1.54) is 34.6 Å². The van der Waals surface area contributed by atoms with Crippen molar-refractivity contribution in [3.63, 3.8) is 0 Å². The molecule has 0 saturated carbocycles. The Balaban J connectivity index is 1.64. The largest absolute Gasteiger partial charge is 0.388 e. The predicted octanol–water partition coefficient (Wildman–Crippen LogP) is 2.56. The molecule has 0 bridgehead atoms. The lowest BCUT2D eigenvalue weighted by Gasteiger charge is -2.37. The number of hydrogen-bond acceptors (Lipinski definition) is 10. The molecule has 2 aliphatic rings. The summed E-state index contributed by atoms with van der Waals surface area (Å²) in [5, 5.41) is 33.6. The van der Waals surface area contributed by atoms with Gasteiger partial charge in [-0.2, -0.15) is 0 Å². The van der Waals surface area contributed by atoms with Gasteiger partial charge in [-0.25, -0.2) is 16.8 Å². The highest BCUT2D eigenvalue weighted by molar-refractivity contribution is 7.97. The second-order valence-electron chi connectivity index (χ2n) is 13.2. The van der Waals surface area contributed by atoms with Gasteiger partial charge in [0.15, 0.2) is 19.7 Å². The number of nitrogens with zero attached hydrogens (tertiary/aromatic N) is 2. The lowest BCUT2D eigenvalue weighted by molar-refractivity contribution is -0.131. The van der Waals surface area contributed by atoms with Crippen LogP contribution in [0.1, 0.15) is 38.8 Å². The van der Waals surface area contributed by atoms with Crippen LogP contribution in [0.5, 0.6) is 0 Å². The Morgan fingerprint density at radius 2 is 0.880 bits per heavy atom. The van der Waals surface area contributed by atoms with Crippen molar-refractivity contribution in [1.82, 2.24) is 20.4 Å². The third-order valence-corrected chi connectivity index (χ3v) is 10.6. The number of hydrogen-bond donors (Lipinski definition) is 4. The Labute approximate surface area is 294 Å². The summed E-state index contributed by atoms with van der Waals surface area (Å²) in [6.45, 7) is 7.24. The standard InChI is InChI=1S/C36H46N4O8S2/c1-25(2)31(39-15-19-49(45,46)20-16-39)35(43)37-29(23-27-11-7-5-8-12-27)33(41)34(42)30(24-28-13-9-6-10-14-28)38-36(44)32(26(3)4)40-17-21-50(47,48)22-18-40/h5-22,25-26,29-34,41-42H,23-24H2,1-4H3,(H,37,43)(H,38,44). The summed E-state index contributed by atoms with van der Waals surface area (Å²) in [5.74, 6) is -1.56. The van der Waals surface area contributed by atoms with Crippen LogP contribution in [-0.2, 0) is 42.1 Å². The van der Waals surface area contributed by atoms with Gasteiger partial charge in [0.1, 0.15) is 24.3 Å². The molecule has 4 N–H and O–H groups in total. The molecule has 0 radical (unpaired) electrons. The van der Waals surface area contributed by atoms with Crippen LogP contribution >= 0.6 is 0 Å². The minimum atomic E-state index is -3.54. The number of sulfone groups is 2. The Morgan fingerprint density at radius 3 is 1.16 bits per heavy atom.